The van der Waals surface area contributed by atoms with Gasteiger partial charge in [0.1, 0.15) is 5.15 Å². The highest BCUT2D eigenvalue weighted by atomic mass is 35.5. The van der Waals surface area contributed by atoms with E-state index in [9.17, 15) is 0 Å². The van der Waals surface area contributed by atoms with Gasteiger partial charge in [0.15, 0.2) is 5.65 Å². The minimum atomic E-state index is 0.725. The zero-order valence-electron chi connectivity index (χ0n) is 7.62. The standard InChI is InChI=1S/C9H8ClN3S/c1-5-2-8-11-7-4-14-3-6(7)9(10)13(8)12-5/h2H,3-4H2,1H3. The molecule has 0 amide bonds. The molecule has 2 aromatic heterocycles. The van der Waals surface area contributed by atoms with Crippen molar-refractivity contribution in [1.82, 2.24) is 14.6 Å². The van der Waals surface area contributed by atoms with Crippen molar-refractivity contribution in [3.8, 4) is 0 Å². The molecule has 72 valence electrons. The second kappa shape index (κ2) is 2.87. The molecule has 5 heteroatoms. The van der Waals surface area contributed by atoms with Crippen molar-refractivity contribution in [3.63, 3.8) is 0 Å². The molecule has 1 aliphatic heterocycles. The molecule has 0 radical (unpaired) electrons. The monoisotopic (exact) mass is 225 g/mol. The third-order valence-electron chi connectivity index (χ3n) is 2.33. The molecule has 0 unspecified atom stereocenters. The lowest BCUT2D eigenvalue weighted by atomic mass is 10.3. The van der Waals surface area contributed by atoms with Crippen LogP contribution in [0.2, 0.25) is 5.15 Å². The summed E-state index contributed by atoms with van der Waals surface area (Å²) in [6, 6.07) is 1.95. The van der Waals surface area contributed by atoms with E-state index >= 15 is 0 Å². The highest BCUT2D eigenvalue weighted by Gasteiger charge is 2.19. The van der Waals surface area contributed by atoms with Crippen LogP contribution >= 0.6 is 23.4 Å². The maximum Gasteiger partial charge on any atom is 0.157 e. The van der Waals surface area contributed by atoms with Crippen molar-refractivity contribution < 1.29 is 0 Å². The van der Waals surface area contributed by atoms with Crippen LogP contribution in [0.3, 0.4) is 0 Å². The summed E-state index contributed by atoms with van der Waals surface area (Å²) in [5.41, 5.74) is 4.07. The van der Waals surface area contributed by atoms with E-state index in [-0.39, 0.29) is 0 Å². The summed E-state index contributed by atoms with van der Waals surface area (Å²) in [7, 11) is 0. The van der Waals surface area contributed by atoms with Crippen LogP contribution in [-0.4, -0.2) is 14.6 Å². The van der Waals surface area contributed by atoms with E-state index < -0.39 is 0 Å². The second-order valence-electron chi connectivity index (χ2n) is 3.38. The van der Waals surface area contributed by atoms with Gasteiger partial charge in [-0.2, -0.15) is 16.9 Å². The van der Waals surface area contributed by atoms with Crippen molar-refractivity contribution in [1.29, 1.82) is 0 Å². The molecule has 3 nitrogen and oxygen atoms in total. The Morgan fingerprint density at radius 1 is 1.50 bits per heavy atom. The van der Waals surface area contributed by atoms with Crippen LogP contribution in [0.15, 0.2) is 6.07 Å². The van der Waals surface area contributed by atoms with Gasteiger partial charge in [-0.1, -0.05) is 11.6 Å². The molecule has 2 aromatic rings. The number of nitrogens with zero attached hydrogens (tertiary/aromatic N) is 3. The number of aryl methyl sites for hydroxylation is 1. The Bertz CT molecular complexity index is 520. The topological polar surface area (TPSA) is 30.2 Å². The number of fused-ring (bicyclic) bond motifs is 2. The van der Waals surface area contributed by atoms with Crippen molar-refractivity contribution in [2.45, 2.75) is 18.4 Å². The van der Waals surface area contributed by atoms with E-state index in [1.165, 1.54) is 0 Å². The van der Waals surface area contributed by atoms with Gasteiger partial charge in [0.05, 0.1) is 11.4 Å². The number of hydrogen-bond donors (Lipinski definition) is 0. The number of thioether (sulfide) groups is 1. The van der Waals surface area contributed by atoms with Crippen LogP contribution in [0, 0.1) is 6.92 Å². The number of halogens is 1. The lowest BCUT2D eigenvalue weighted by Crippen LogP contribution is -1.99. The van der Waals surface area contributed by atoms with E-state index in [2.05, 4.69) is 10.1 Å². The van der Waals surface area contributed by atoms with E-state index in [4.69, 9.17) is 11.6 Å². The molecule has 0 N–H and O–H groups in total. The third kappa shape index (κ3) is 1.07. The highest BCUT2D eigenvalue weighted by molar-refractivity contribution is 7.98. The van der Waals surface area contributed by atoms with E-state index in [0.717, 1.165) is 39.3 Å². The van der Waals surface area contributed by atoms with Gasteiger partial charge < -0.3 is 0 Å². The van der Waals surface area contributed by atoms with E-state index in [1.807, 2.05) is 24.8 Å². The molecule has 0 saturated heterocycles. The maximum atomic E-state index is 6.25. The van der Waals surface area contributed by atoms with Crippen LogP contribution in [0.5, 0.6) is 0 Å². The van der Waals surface area contributed by atoms with Crippen LogP contribution < -0.4 is 0 Å². The van der Waals surface area contributed by atoms with Crippen LogP contribution in [0.25, 0.3) is 5.65 Å². The fourth-order valence-corrected chi connectivity index (χ4v) is 3.10. The molecule has 0 bridgehead atoms. The Hall–Kier alpha value is -0.740. The van der Waals surface area contributed by atoms with Gasteiger partial charge in [-0.15, -0.1) is 0 Å². The zero-order chi connectivity index (χ0) is 9.71. The highest BCUT2D eigenvalue weighted by Crippen LogP contribution is 2.33. The average Bonchev–Trinajstić information content (AvgIpc) is 2.71. The van der Waals surface area contributed by atoms with Crippen molar-refractivity contribution in [2.75, 3.05) is 0 Å². The molecule has 3 rings (SSSR count). The van der Waals surface area contributed by atoms with Gasteiger partial charge in [0, 0.05) is 23.1 Å². The Kier molecular flexibility index (Phi) is 1.76. The summed E-state index contributed by atoms with van der Waals surface area (Å²) < 4.78 is 1.72. The molecular weight excluding hydrogens is 218 g/mol. The van der Waals surface area contributed by atoms with Gasteiger partial charge in [-0.25, -0.2) is 9.50 Å². The normalized spacial score (nSPS) is 15.0. The van der Waals surface area contributed by atoms with Gasteiger partial charge in [0.2, 0.25) is 0 Å². The summed E-state index contributed by atoms with van der Waals surface area (Å²) in [6.07, 6.45) is 0. The third-order valence-corrected chi connectivity index (χ3v) is 3.69. The Morgan fingerprint density at radius 3 is 3.21 bits per heavy atom. The lowest BCUT2D eigenvalue weighted by molar-refractivity contribution is 0.899. The smallest absolute Gasteiger partial charge is 0.157 e. The minimum absolute atomic E-state index is 0.725. The fraction of sp³-hybridized carbons (Fsp3) is 0.333. The molecule has 0 spiro atoms. The maximum absolute atomic E-state index is 6.25. The summed E-state index contributed by atoms with van der Waals surface area (Å²) in [5.74, 6) is 1.92. The van der Waals surface area contributed by atoms with Gasteiger partial charge in [-0.05, 0) is 6.92 Å². The summed E-state index contributed by atoms with van der Waals surface area (Å²) in [5, 5.41) is 5.03. The molecular formula is C9H8ClN3S. The fourth-order valence-electron chi connectivity index (χ4n) is 1.67. The quantitative estimate of drug-likeness (QED) is 0.646. The second-order valence-corrected chi connectivity index (χ2v) is 4.72. The minimum Gasteiger partial charge on any atom is -0.232 e. The zero-order valence-corrected chi connectivity index (χ0v) is 9.19. The Morgan fingerprint density at radius 2 is 2.36 bits per heavy atom. The number of hydrogen-bond acceptors (Lipinski definition) is 3. The molecule has 0 saturated carbocycles. The SMILES string of the molecule is Cc1cc2nc3c(c(Cl)n2n1)CSC3. The van der Waals surface area contributed by atoms with Crippen LogP contribution in [0.1, 0.15) is 17.0 Å². The molecule has 0 atom stereocenters. The van der Waals surface area contributed by atoms with Gasteiger partial charge >= 0.3 is 0 Å². The molecule has 0 aliphatic carbocycles. The number of rotatable bonds is 0. The average molecular weight is 226 g/mol. The summed E-state index contributed by atoms with van der Waals surface area (Å²) in [6.45, 7) is 1.95. The first-order chi connectivity index (χ1) is 6.75. The van der Waals surface area contributed by atoms with E-state index in [1.54, 1.807) is 4.52 Å². The molecule has 3 heterocycles. The molecule has 0 aromatic carbocycles. The molecule has 14 heavy (non-hydrogen) atoms. The molecule has 1 aliphatic rings. The largest absolute Gasteiger partial charge is 0.232 e. The van der Waals surface area contributed by atoms with Crippen LogP contribution in [0.4, 0.5) is 0 Å². The van der Waals surface area contributed by atoms with Gasteiger partial charge in [0.25, 0.3) is 0 Å². The predicted molar refractivity (Wildman–Crippen MR) is 57.7 cm³/mol. The van der Waals surface area contributed by atoms with Gasteiger partial charge in [-0.3, -0.25) is 0 Å². The number of aromatic nitrogens is 3. The van der Waals surface area contributed by atoms with Crippen molar-refractivity contribution in [2.24, 2.45) is 0 Å². The first kappa shape index (κ1) is 8.56. The Balaban J connectivity index is 2.42. The van der Waals surface area contributed by atoms with Crippen LogP contribution in [-0.2, 0) is 11.5 Å². The summed E-state index contributed by atoms with van der Waals surface area (Å²) >= 11 is 8.09. The van der Waals surface area contributed by atoms with E-state index in [0.29, 0.717) is 0 Å². The first-order valence-electron chi connectivity index (χ1n) is 4.37. The molecule has 0 fully saturated rings. The van der Waals surface area contributed by atoms with Crippen molar-refractivity contribution >= 4 is 29.0 Å². The summed E-state index contributed by atoms with van der Waals surface area (Å²) in [4.78, 5) is 4.53. The van der Waals surface area contributed by atoms with Crippen molar-refractivity contribution in [3.05, 3.63) is 28.2 Å². The lowest BCUT2D eigenvalue weighted by Gasteiger charge is -2.02. The first-order valence-corrected chi connectivity index (χ1v) is 5.90. The predicted octanol–water partition coefficient (Wildman–Crippen LogP) is 2.44. The Labute approximate surface area is 90.5 Å².